The first kappa shape index (κ1) is 19.2. The molecule has 1 aliphatic carbocycles. The summed E-state index contributed by atoms with van der Waals surface area (Å²) < 4.78 is 2.13. The Kier molecular flexibility index (Phi) is 4.56. The lowest BCUT2D eigenvalue weighted by Crippen LogP contribution is -2.55. The molecule has 2 fully saturated rings. The summed E-state index contributed by atoms with van der Waals surface area (Å²) in [5.41, 5.74) is 1.65. The summed E-state index contributed by atoms with van der Waals surface area (Å²) in [7, 11) is 3.58. The van der Waals surface area contributed by atoms with Crippen LogP contribution in [0.25, 0.3) is 5.82 Å². The van der Waals surface area contributed by atoms with E-state index in [-0.39, 0.29) is 18.4 Å². The average Bonchev–Trinajstić information content (AvgIpc) is 3.51. The van der Waals surface area contributed by atoms with E-state index in [1.54, 1.807) is 25.2 Å². The number of fused-ring (bicyclic) bond motifs is 4. The van der Waals surface area contributed by atoms with Crippen molar-refractivity contribution in [1.29, 1.82) is 0 Å². The number of aromatic nitrogens is 2. The molecule has 2 aromatic rings. The number of hydrogen-bond donors (Lipinski definition) is 0. The Balaban J connectivity index is 1.57. The van der Waals surface area contributed by atoms with Gasteiger partial charge in [0.2, 0.25) is 11.8 Å². The highest BCUT2D eigenvalue weighted by molar-refractivity contribution is 5.84. The van der Waals surface area contributed by atoms with Crippen LogP contribution in [0, 0.1) is 5.92 Å². The van der Waals surface area contributed by atoms with Crippen molar-refractivity contribution in [2.75, 3.05) is 38.6 Å². The maximum atomic E-state index is 13.2. The minimum absolute atomic E-state index is 0.0461. The van der Waals surface area contributed by atoms with Crippen LogP contribution < -0.4 is 4.90 Å². The van der Waals surface area contributed by atoms with Gasteiger partial charge in [0.25, 0.3) is 0 Å². The van der Waals surface area contributed by atoms with Crippen molar-refractivity contribution >= 4 is 17.5 Å². The largest absolute Gasteiger partial charge is 0.347 e. The molecule has 0 unspecified atom stereocenters. The van der Waals surface area contributed by atoms with E-state index < -0.39 is 5.54 Å². The Bertz CT molecular complexity index is 977. The first-order chi connectivity index (χ1) is 14.5. The van der Waals surface area contributed by atoms with Crippen molar-refractivity contribution in [3.8, 4) is 5.82 Å². The second kappa shape index (κ2) is 7.15. The van der Waals surface area contributed by atoms with E-state index in [1.807, 2.05) is 29.3 Å². The van der Waals surface area contributed by atoms with Gasteiger partial charge in [-0.05, 0) is 43.5 Å². The molecule has 0 N–H and O–H groups in total. The van der Waals surface area contributed by atoms with Gasteiger partial charge in [0.1, 0.15) is 5.54 Å². The zero-order valence-electron chi connectivity index (χ0n) is 17.8. The highest BCUT2D eigenvalue weighted by Crippen LogP contribution is 2.47. The van der Waals surface area contributed by atoms with Crippen LogP contribution in [-0.2, 0) is 15.1 Å². The lowest BCUT2D eigenvalue weighted by Gasteiger charge is -2.47. The molecule has 0 radical (unpaired) electrons. The number of amides is 2. The summed E-state index contributed by atoms with van der Waals surface area (Å²) in [6.45, 7) is 1.60. The van der Waals surface area contributed by atoms with Gasteiger partial charge in [-0.1, -0.05) is 12.8 Å². The number of anilines is 1. The van der Waals surface area contributed by atoms with E-state index in [0.29, 0.717) is 12.5 Å². The van der Waals surface area contributed by atoms with Crippen LogP contribution in [0.2, 0.25) is 0 Å². The fraction of sp³-hybridized carbons (Fsp3) is 0.522. The minimum atomic E-state index is -0.417. The van der Waals surface area contributed by atoms with Crippen molar-refractivity contribution in [3.63, 3.8) is 0 Å². The van der Waals surface area contributed by atoms with Gasteiger partial charge >= 0.3 is 0 Å². The van der Waals surface area contributed by atoms with Crippen LogP contribution in [0.15, 0.2) is 36.7 Å². The maximum Gasteiger partial charge on any atom is 0.241 e. The van der Waals surface area contributed by atoms with Gasteiger partial charge in [0.05, 0.1) is 17.9 Å². The topological polar surface area (TPSA) is 61.7 Å². The monoisotopic (exact) mass is 407 g/mol. The number of carbonyl (C=O) groups excluding carboxylic acids is 2. The van der Waals surface area contributed by atoms with Gasteiger partial charge in [-0.15, -0.1) is 0 Å². The molecule has 0 aromatic carbocycles. The molecule has 2 aromatic heterocycles. The molecule has 1 saturated carbocycles. The zero-order valence-corrected chi connectivity index (χ0v) is 17.8. The fourth-order valence-corrected chi connectivity index (χ4v) is 5.45. The third-order valence-corrected chi connectivity index (χ3v) is 7.08. The second-order valence-electron chi connectivity index (χ2n) is 9.01. The van der Waals surface area contributed by atoms with E-state index in [2.05, 4.69) is 20.5 Å². The molecule has 1 spiro atoms. The lowest BCUT2D eigenvalue weighted by atomic mass is 9.88. The first-order valence-corrected chi connectivity index (χ1v) is 10.9. The molecule has 158 valence electrons. The normalized spacial score (nSPS) is 23.0. The molecule has 2 amide bonds. The van der Waals surface area contributed by atoms with Crippen molar-refractivity contribution in [2.24, 2.45) is 5.92 Å². The van der Waals surface area contributed by atoms with Crippen LogP contribution in [0.1, 0.15) is 37.8 Å². The third-order valence-electron chi connectivity index (χ3n) is 7.08. The third kappa shape index (κ3) is 2.82. The predicted molar refractivity (Wildman–Crippen MR) is 114 cm³/mol. The van der Waals surface area contributed by atoms with Crippen molar-refractivity contribution in [3.05, 3.63) is 42.4 Å². The summed E-state index contributed by atoms with van der Waals surface area (Å²) in [5.74, 6) is 1.35. The van der Waals surface area contributed by atoms with Crippen molar-refractivity contribution < 1.29 is 9.59 Å². The average molecular weight is 408 g/mol. The number of likely N-dealkylation sites (N-methyl/N-ethyl adjacent to an activating group) is 1. The summed E-state index contributed by atoms with van der Waals surface area (Å²) in [4.78, 5) is 36.5. The molecule has 30 heavy (non-hydrogen) atoms. The van der Waals surface area contributed by atoms with Gasteiger partial charge in [-0.25, -0.2) is 4.98 Å². The van der Waals surface area contributed by atoms with E-state index in [0.717, 1.165) is 55.8 Å². The van der Waals surface area contributed by atoms with Crippen molar-refractivity contribution in [2.45, 2.75) is 37.6 Å². The van der Waals surface area contributed by atoms with Gasteiger partial charge in [-0.3, -0.25) is 9.59 Å². The zero-order chi connectivity index (χ0) is 20.9. The molecule has 3 aliphatic rings. The molecule has 7 nitrogen and oxygen atoms in total. The lowest BCUT2D eigenvalue weighted by molar-refractivity contribution is -0.134. The van der Waals surface area contributed by atoms with E-state index >= 15 is 0 Å². The number of rotatable bonds is 3. The van der Waals surface area contributed by atoms with Crippen LogP contribution in [0.3, 0.4) is 0 Å². The number of pyridine rings is 1. The van der Waals surface area contributed by atoms with Gasteiger partial charge < -0.3 is 19.3 Å². The van der Waals surface area contributed by atoms with Gasteiger partial charge in [0, 0.05) is 45.5 Å². The molecule has 1 atom stereocenters. The molecular weight excluding hydrogens is 378 g/mol. The first-order valence-electron chi connectivity index (χ1n) is 10.9. The van der Waals surface area contributed by atoms with Gasteiger partial charge in [-0.2, -0.15) is 0 Å². The maximum absolute atomic E-state index is 13.2. The predicted octanol–water partition coefficient (Wildman–Crippen LogP) is 2.40. The summed E-state index contributed by atoms with van der Waals surface area (Å²) in [6, 6.07) is 8.12. The number of hydrogen-bond acceptors (Lipinski definition) is 4. The second-order valence-corrected chi connectivity index (χ2v) is 9.01. The quantitative estimate of drug-likeness (QED) is 0.784. The molecule has 2 aliphatic heterocycles. The highest BCUT2D eigenvalue weighted by Gasteiger charge is 2.51. The van der Waals surface area contributed by atoms with Crippen LogP contribution in [-0.4, -0.2) is 64.9 Å². The van der Waals surface area contributed by atoms with Crippen molar-refractivity contribution in [1.82, 2.24) is 19.4 Å². The summed E-state index contributed by atoms with van der Waals surface area (Å²) in [6.07, 6.45) is 8.96. The molecule has 5 rings (SSSR count). The fourth-order valence-electron chi connectivity index (χ4n) is 5.45. The highest BCUT2D eigenvalue weighted by atomic mass is 16.2. The van der Waals surface area contributed by atoms with E-state index in [4.69, 9.17) is 0 Å². The Hall–Kier alpha value is -2.83. The standard InChI is InChI=1S/C23H29N5O2/c1-25(2)20(29)15-28-18-9-5-12-24-21(18)27-13-6-10-19(27)23(28)11-14-26(16-23)22(30)17-7-3-4-8-17/h5-6,9-10,12-13,17H,3-4,7-8,11,14-16H2,1-2H3/t23-/m0/s1. The summed E-state index contributed by atoms with van der Waals surface area (Å²) in [5, 5.41) is 0. The molecule has 1 saturated heterocycles. The smallest absolute Gasteiger partial charge is 0.241 e. The van der Waals surface area contributed by atoms with Crippen LogP contribution in [0.4, 0.5) is 5.69 Å². The molecule has 4 heterocycles. The minimum Gasteiger partial charge on any atom is -0.347 e. The van der Waals surface area contributed by atoms with E-state index in [1.165, 1.54) is 0 Å². The SMILES string of the molecule is CN(C)C(=O)CN1c2cccnc2-n2cccc2[C@@]12CCN(C(=O)C1CCCC1)C2. The number of nitrogens with zero attached hydrogens (tertiary/aromatic N) is 5. The molecule has 7 heteroatoms. The Morgan fingerprint density at radius 1 is 1.20 bits per heavy atom. The molecular formula is C23H29N5O2. The van der Waals surface area contributed by atoms with E-state index in [9.17, 15) is 9.59 Å². The molecule has 0 bridgehead atoms. The Morgan fingerprint density at radius 3 is 2.77 bits per heavy atom. The van der Waals surface area contributed by atoms with Crippen LogP contribution >= 0.6 is 0 Å². The van der Waals surface area contributed by atoms with Gasteiger partial charge in [0.15, 0.2) is 5.82 Å². The van der Waals surface area contributed by atoms with Crippen LogP contribution in [0.5, 0.6) is 0 Å². The summed E-state index contributed by atoms with van der Waals surface area (Å²) >= 11 is 0. The Labute approximate surface area is 177 Å². The number of carbonyl (C=O) groups is 2. The number of likely N-dealkylation sites (tertiary alicyclic amines) is 1. The Morgan fingerprint density at radius 2 is 2.00 bits per heavy atom.